The zero-order valence-corrected chi connectivity index (χ0v) is 18.4. The zero-order valence-electron chi connectivity index (χ0n) is 18.4. The summed E-state index contributed by atoms with van der Waals surface area (Å²) in [6.07, 6.45) is 0. The van der Waals surface area contributed by atoms with Gasteiger partial charge in [-0.3, -0.25) is 14.9 Å². The quantitative estimate of drug-likeness (QED) is 0.572. The molecule has 0 aromatic heterocycles. The Bertz CT molecular complexity index is 987. The predicted octanol–water partition coefficient (Wildman–Crippen LogP) is 2.22. The van der Waals surface area contributed by atoms with E-state index in [2.05, 4.69) is 15.1 Å². The molecule has 32 heavy (non-hydrogen) atoms. The Morgan fingerprint density at radius 1 is 1.03 bits per heavy atom. The van der Waals surface area contributed by atoms with Gasteiger partial charge in [0, 0.05) is 26.2 Å². The first-order chi connectivity index (χ1) is 15.6. The van der Waals surface area contributed by atoms with Gasteiger partial charge in [0.2, 0.25) is 11.9 Å². The van der Waals surface area contributed by atoms with Crippen molar-refractivity contribution in [1.29, 1.82) is 0 Å². The van der Waals surface area contributed by atoms with E-state index in [1.165, 1.54) is 0 Å². The SMILES string of the molecule is CCOC(=O)C1C(=O)NC(N2CCN(c3ccccc3OC)CC2)=NC1c1ccccc1. The zero-order chi connectivity index (χ0) is 22.5. The number of ether oxygens (including phenoxy) is 2. The molecule has 0 spiro atoms. The van der Waals surface area contributed by atoms with E-state index in [1.807, 2.05) is 54.6 Å². The minimum absolute atomic E-state index is 0.214. The molecule has 2 aromatic rings. The molecule has 1 amide bonds. The molecule has 0 aliphatic carbocycles. The first-order valence-electron chi connectivity index (χ1n) is 10.9. The number of rotatable bonds is 5. The molecule has 8 nitrogen and oxygen atoms in total. The van der Waals surface area contributed by atoms with Gasteiger partial charge in [0.05, 0.1) is 19.4 Å². The first-order valence-corrected chi connectivity index (χ1v) is 10.9. The van der Waals surface area contributed by atoms with Crippen LogP contribution in [0.15, 0.2) is 59.6 Å². The van der Waals surface area contributed by atoms with Crippen LogP contribution in [0.4, 0.5) is 5.69 Å². The molecule has 0 radical (unpaired) electrons. The van der Waals surface area contributed by atoms with Gasteiger partial charge in [-0.05, 0) is 24.6 Å². The van der Waals surface area contributed by atoms with Crippen molar-refractivity contribution in [3.63, 3.8) is 0 Å². The normalized spacial score (nSPS) is 20.9. The summed E-state index contributed by atoms with van der Waals surface area (Å²) in [6, 6.07) is 16.8. The number of anilines is 1. The molecule has 2 atom stereocenters. The third kappa shape index (κ3) is 4.39. The van der Waals surface area contributed by atoms with E-state index < -0.39 is 17.9 Å². The number of benzene rings is 2. The summed E-state index contributed by atoms with van der Waals surface area (Å²) in [4.78, 5) is 34.6. The summed E-state index contributed by atoms with van der Waals surface area (Å²) in [5.41, 5.74) is 1.86. The second kappa shape index (κ2) is 9.72. The monoisotopic (exact) mass is 436 g/mol. The summed E-state index contributed by atoms with van der Waals surface area (Å²) >= 11 is 0. The Hall–Kier alpha value is -3.55. The molecule has 168 valence electrons. The highest BCUT2D eigenvalue weighted by Gasteiger charge is 2.42. The van der Waals surface area contributed by atoms with Crippen LogP contribution in [0.1, 0.15) is 18.5 Å². The van der Waals surface area contributed by atoms with E-state index in [4.69, 9.17) is 14.5 Å². The van der Waals surface area contributed by atoms with Crippen LogP contribution in [0.5, 0.6) is 5.75 Å². The lowest BCUT2D eigenvalue weighted by atomic mass is 9.91. The molecular weight excluding hydrogens is 408 g/mol. The highest BCUT2D eigenvalue weighted by Crippen LogP contribution is 2.32. The average Bonchev–Trinajstić information content (AvgIpc) is 2.84. The van der Waals surface area contributed by atoms with E-state index in [0.717, 1.165) is 30.1 Å². The Kier molecular flexibility index (Phi) is 6.58. The van der Waals surface area contributed by atoms with Crippen LogP contribution < -0.4 is 15.0 Å². The van der Waals surface area contributed by atoms with Crippen LogP contribution in [-0.4, -0.2) is 62.6 Å². The second-order valence-corrected chi connectivity index (χ2v) is 7.67. The van der Waals surface area contributed by atoms with Crippen molar-refractivity contribution in [2.45, 2.75) is 13.0 Å². The maximum absolute atomic E-state index is 13.0. The summed E-state index contributed by atoms with van der Waals surface area (Å²) < 4.78 is 10.7. The molecule has 8 heteroatoms. The standard InChI is InChI=1S/C24H28N4O4/c1-3-32-23(30)20-21(17-9-5-4-6-10-17)25-24(26-22(20)29)28-15-13-27(14-16-28)18-11-7-8-12-19(18)31-2/h4-12,20-21H,3,13-16H2,1-2H3,(H,25,26,29). The molecule has 4 rings (SSSR count). The van der Waals surface area contributed by atoms with Gasteiger partial charge in [0.1, 0.15) is 11.8 Å². The number of nitrogens with one attached hydrogen (secondary N) is 1. The number of carbonyl (C=O) groups is 2. The number of carbonyl (C=O) groups excluding carboxylic acids is 2. The van der Waals surface area contributed by atoms with Gasteiger partial charge in [-0.1, -0.05) is 42.5 Å². The van der Waals surface area contributed by atoms with Crippen molar-refractivity contribution in [3.8, 4) is 5.75 Å². The number of hydrogen-bond acceptors (Lipinski definition) is 7. The van der Waals surface area contributed by atoms with Crippen molar-refractivity contribution in [1.82, 2.24) is 10.2 Å². The fourth-order valence-electron chi connectivity index (χ4n) is 4.17. The van der Waals surface area contributed by atoms with Gasteiger partial charge < -0.3 is 19.3 Å². The maximum Gasteiger partial charge on any atom is 0.321 e. The summed E-state index contributed by atoms with van der Waals surface area (Å²) in [6.45, 7) is 4.82. The molecule has 0 bridgehead atoms. The van der Waals surface area contributed by atoms with E-state index >= 15 is 0 Å². The lowest BCUT2D eigenvalue weighted by Gasteiger charge is -2.40. The van der Waals surface area contributed by atoms with E-state index in [1.54, 1.807) is 14.0 Å². The molecule has 1 N–H and O–H groups in total. The number of guanidine groups is 1. The molecule has 2 aromatic carbocycles. The minimum atomic E-state index is -1.00. The number of amides is 1. The average molecular weight is 437 g/mol. The Morgan fingerprint density at radius 3 is 2.38 bits per heavy atom. The predicted molar refractivity (Wildman–Crippen MR) is 122 cm³/mol. The number of methoxy groups -OCH3 is 1. The van der Waals surface area contributed by atoms with Crippen LogP contribution in [0.25, 0.3) is 0 Å². The number of aliphatic imine (C=N–C) groups is 1. The van der Waals surface area contributed by atoms with Gasteiger partial charge >= 0.3 is 5.97 Å². The summed E-state index contributed by atoms with van der Waals surface area (Å²) in [5, 5.41) is 2.85. The molecule has 2 aliphatic rings. The third-order valence-electron chi connectivity index (χ3n) is 5.78. The van der Waals surface area contributed by atoms with Gasteiger partial charge in [0.15, 0.2) is 5.92 Å². The Balaban J connectivity index is 1.55. The molecular formula is C24H28N4O4. The van der Waals surface area contributed by atoms with Crippen molar-refractivity contribution in [2.24, 2.45) is 10.9 Å². The number of para-hydroxylation sites is 2. The molecule has 1 fully saturated rings. The largest absolute Gasteiger partial charge is 0.495 e. The fourth-order valence-corrected chi connectivity index (χ4v) is 4.17. The number of hydrogen-bond donors (Lipinski definition) is 1. The van der Waals surface area contributed by atoms with Crippen LogP contribution in [0, 0.1) is 5.92 Å². The highest BCUT2D eigenvalue weighted by atomic mass is 16.5. The molecule has 0 saturated carbocycles. The van der Waals surface area contributed by atoms with E-state index in [-0.39, 0.29) is 12.5 Å². The van der Waals surface area contributed by atoms with E-state index in [9.17, 15) is 9.59 Å². The van der Waals surface area contributed by atoms with Gasteiger partial charge in [-0.25, -0.2) is 4.99 Å². The van der Waals surface area contributed by atoms with Crippen LogP contribution in [-0.2, 0) is 14.3 Å². The van der Waals surface area contributed by atoms with Crippen LogP contribution in [0.3, 0.4) is 0 Å². The highest BCUT2D eigenvalue weighted by molar-refractivity contribution is 6.08. The smallest absolute Gasteiger partial charge is 0.321 e. The molecule has 2 unspecified atom stereocenters. The Labute approximate surface area is 187 Å². The van der Waals surface area contributed by atoms with Gasteiger partial charge in [-0.15, -0.1) is 0 Å². The Morgan fingerprint density at radius 2 is 1.69 bits per heavy atom. The third-order valence-corrected chi connectivity index (χ3v) is 5.78. The van der Waals surface area contributed by atoms with E-state index in [0.29, 0.717) is 19.0 Å². The van der Waals surface area contributed by atoms with Crippen molar-refractivity contribution >= 4 is 23.5 Å². The second-order valence-electron chi connectivity index (χ2n) is 7.67. The lowest BCUT2D eigenvalue weighted by Crippen LogP contribution is -2.57. The summed E-state index contributed by atoms with van der Waals surface area (Å²) in [7, 11) is 1.67. The fraction of sp³-hybridized carbons (Fsp3) is 0.375. The van der Waals surface area contributed by atoms with Crippen molar-refractivity contribution in [3.05, 3.63) is 60.2 Å². The maximum atomic E-state index is 13.0. The topological polar surface area (TPSA) is 83.5 Å². The minimum Gasteiger partial charge on any atom is -0.495 e. The number of nitrogens with zero attached hydrogens (tertiary/aromatic N) is 3. The first kappa shape index (κ1) is 21.7. The molecule has 2 heterocycles. The lowest BCUT2D eigenvalue weighted by molar-refractivity contribution is -0.153. The number of esters is 1. The molecule has 2 aliphatic heterocycles. The van der Waals surface area contributed by atoms with Crippen LogP contribution >= 0.6 is 0 Å². The van der Waals surface area contributed by atoms with Crippen LogP contribution in [0.2, 0.25) is 0 Å². The van der Waals surface area contributed by atoms with Crippen molar-refractivity contribution < 1.29 is 19.1 Å². The van der Waals surface area contributed by atoms with Crippen molar-refractivity contribution in [2.75, 3.05) is 44.8 Å². The summed E-state index contributed by atoms with van der Waals surface area (Å²) in [5.74, 6) is -0.595. The molecule has 1 saturated heterocycles. The number of piperazine rings is 1. The van der Waals surface area contributed by atoms with Gasteiger partial charge in [0.25, 0.3) is 0 Å². The van der Waals surface area contributed by atoms with Gasteiger partial charge in [-0.2, -0.15) is 0 Å².